The van der Waals surface area contributed by atoms with Crippen LogP contribution in [0.15, 0.2) is 48.5 Å². The van der Waals surface area contributed by atoms with Gasteiger partial charge in [-0.15, -0.1) is 0 Å². The summed E-state index contributed by atoms with van der Waals surface area (Å²) < 4.78 is 5.56. The number of anilines is 1. The molecule has 0 heterocycles. The van der Waals surface area contributed by atoms with Crippen molar-refractivity contribution >= 4 is 23.4 Å². The molecule has 0 aromatic heterocycles. The SMILES string of the molecule is O=C(O)Nc1ccc(Oc2ccc(Cl)cc2)cc1. The van der Waals surface area contributed by atoms with E-state index in [0.29, 0.717) is 22.2 Å². The van der Waals surface area contributed by atoms with Crippen molar-refractivity contribution < 1.29 is 14.6 Å². The Balaban J connectivity index is 2.06. The topological polar surface area (TPSA) is 58.6 Å². The summed E-state index contributed by atoms with van der Waals surface area (Å²) in [6, 6.07) is 13.6. The first-order valence-electron chi connectivity index (χ1n) is 5.17. The van der Waals surface area contributed by atoms with Crippen LogP contribution in [0.1, 0.15) is 0 Å². The third kappa shape index (κ3) is 3.40. The van der Waals surface area contributed by atoms with Crippen molar-refractivity contribution in [3.8, 4) is 11.5 Å². The van der Waals surface area contributed by atoms with E-state index in [1.807, 2.05) is 0 Å². The summed E-state index contributed by atoms with van der Waals surface area (Å²) in [7, 11) is 0. The van der Waals surface area contributed by atoms with Gasteiger partial charge in [0.1, 0.15) is 11.5 Å². The van der Waals surface area contributed by atoms with E-state index >= 15 is 0 Å². The summed E-state index contributed by atoms with van der Waals surface area (Å²) >= 11 is 5.76. The van der Waals surface area contributed by atoms with Crippen LogP contribution in [-0.4, -0.2) is 11.2 Å². The maximum absolute atomic E-state index is 10.4. The van der Waals surface area contributed by atoms with E-state index in [9.17, 15) is 4.79 Å². The van der Waals surface area contributed by atoms with Crippen LogP contribution in [0.25, 0.3) is 0 Å². The highest BCUT2D eigenvalue weighted by atomic mass is 35.5. The minimum atomic E-state index is -1.10. The van der Waals surface area contributed by atoms with E-state index in [1.165, 1.54) is 0 Å². The number of benzene rings is 2. The zero-order valence-electron chi connectivity index (χ0n) is 9.26. The Kier molecular flexibility index (Phi) is 3.69. The van der Waals surface area contributed by atoms with Crippen LogP contribution in [0.5, 0.6) is 11.5 Å². The monoisotopic (exact) mass is 263 g/mol. The minimum Gasteiger partial charge on any atom is -0.465 e. The number of hydrogen-bond donors (Lipinski definition) is 2. The second-order valence-electron chi connectivity index (χ2n) is 3.51. The molecular weight excluding hydrogens is 254 g/mol. The predicted molar refractivity (Wildman–Crippen MR) is 69.6 cm³/mol. The first-order valence-corrected chi connectivity index (χ1v) is 5.55. The van der Waals surface area contributed by atoms with Crippen molar-refractivity contribution in [2.45, 2.75) is 0 Å². The van der Waals surface area contributed by atoms with Crippen LogP contribution >= 0.6 is 11.6 Å². The first kappa shape index (κ1) is 12.3. The van der Waals surface area contributed by atoms with Gasteiger partial charge in [0.2, 0.25) is 0 Å². The van der Waals surface area contributed by atoms with Crippen LogP contribution in [0.2, 0.25) is 5.02 Å². The van der Waals surface area contributed by atoms with Gasteiger partial charge in [-0.1, -0.05) is 11.6 Å². The fourth-order valence-electron chi connectivity index (χ4n) is 1.37. The van der Waals surface area contributed by atoms with E-state index < -0.39 is 6.09 Å². The molecule has 0 radical (unpaired) electrons. The fourth-order valence-corrected chi connectivity index (χ4v) is 1.49. The maximum Gasteiger partial charge on any atom is 0.409 e. The summed E-state index contributed by atoms with van der Waals surface area (Å²) in [6.45, 7) is 0. The molecule has 0 bridgehead atoms. The smallest absolute Gasteiger partial charge is 0.409 e. The first-order chi connectivity index (χ1) is 8.63. The number of nitrogens with one attached hydrogen (secondary N) is 1. The molecule has 4 nitrogen and oxygen atoms in total. The zero-order chi connectivity index (χ0) is 13.0. The number of rotatable bonds is 3. The number of carboxylic acid groups (broad SMARTS) is 1. The van der Waals surface area contributed by atoms with Gasteiger partial charge in [-0.2, -0.15) is 0 Å². The van der Waals surface area contributed by atoms with Crippen molar-refractivity contribution in [2.24, 2.45) is 0 Å². The van der Waals surface area contributed by atoms with Crippen LogP contribution < -0.4 is 10.1 Å². The van der Waals surface area contributed by atoms with Crippen molar-refractivity contribution in [3.05, 3.63) is 53.6 Å². The Morgan fingerprint density at radius 3 is 2.00 bits per heavy atom. The Labute approximate surface area is 109 Å². The molecule has 0 atom stereocenters. The van der Waals surface area contributed by atoms with E-state index in [-0.39, 0.29) is 0 Å². The second-order valence-corrected chi connectivity index (χ2v) is 3.95. The molecule has 0 saturated carbocycles. The Hall–Kier alpha value is -2.20. The Bertz CT molecular complexity index is 537. The number of hydrogen-bond acceptors (Lipinski definition) is 2. The minimum absolute atomic E-state index is 0.492. The highest BCUT2D eigenvalue weighted by Crippen LogP contribution is 2.24. The van der Waals surface area contributed by atoms with E-state index in [1.54, 1.807) is 48.5 Å². The fraction of sp³-hybridized carbons (Fsp3) is 0. The van der Waals surface area contributed by atoms with Crippen LogP contribution in [0, 0.1) is 0 Å². The zero-order valence-corrected chi connectivity index (χ0v) is 10.0. The van der Waals surface area contributed by atoms with Gasteiger partial charge in [-0.25, -0.2) is 4.79 Å². The quantitative estimate of drug-likeness (QED) is 0.871. The van der Waals surface area contributed by atoms with Gasteiger partial charge in [0.15, 0.2) is 0 Å². The summed E-state index contributed by atoms with van der Waals surface area (Å²) in [6.07, 6.45) is -1.10. The highest BCUT2D eigenvalue weighted by molar-refractivity contribution is 6.30. The summed E-state index contributed by atoms with van der Waals surface area (Å²) in [4.78, 5) is 10.4. The van der Waals surface area contributed by atoms with Crippen molar-refractivity contribution in [3.63, 3.8) is 0 Å². The molecule has 0 aliphatic heterocycles. The summed E-state index contributed by atoms with van der Waals surface area (Å²) in [5.74, 6) is 1.28. The van der Waals surface area contributed by atoms with E-state index in [0.717, 1.165) is 0 Å². The van der Waals surface area contributed by atoms with Gasteiger partial charge in [-0.3, -0.25) is 5.32 Å². The number of ether oxygens (including phenoxy) is 1. The maximum atomic E-state index is 10.4. The molecule has 2 aromatic rings. The molecule has 0 fully saturated rings. The van der Waals surface area contributed by atoms with Gasteiger partial charge < -0.3 is 9.84 Å². The van der Waals surface area contributed by atoms with Crippen molar-refractivity contribution in [1.82, 2.24) is 0 Å². The van der Waals surface area contributed by atoms with Crippen molar-refractivity contribution in [1.29, 1.82) is 0 Å². The average Bonchev–Trinajstić information content (AvgIpc) is 2.34. The van der Waals surface area contributed by atoms with Gasteiger partial charge in [-0.05, 0) is 48.5 Å². The van der Waals surface area contributed by atoms with Gasteiger partial charge in [0.05, 0.1) is 0 Å². The molecule has 1 amide bonds. The van der Waals surface area contributed by atoms with Gasteiger partial charge >= 0.3 is 6.09 Å². The van der Waals surface area contributed by atoms with Crippen molar-refractivity contribution in [2.75, 3.05) is 5.32 Å². The molecule has 0 aliphatic rings. The Morgan fingerprint density at radius 1 is 1.00 bits per heavy atom. The molecule has 0 unspecified atom stereocenters. The highest BCUT2D eigenvalue weighted by Gasteiger charge is 2.00. The molecule has 2 N–H and O–H groups in total. The third-order valence-corrected chi connectivity index (χ3v) is 2.41. The standard InChI is InChI=1S/C13H10ClNO3/c14-9-1-5-11(6-2-9)18-12-7-3-10(4-8-12)15-13(16)17/h1-8,15H,(H,16,17). The van der Waals surface area contributed by atoms with Crippen LogP contribution in [0.4, 0.5) is 10.5 Å². The number of halogens is 1. The molecule has 2 aromatic carbocycles. The predicted octanol–water partition coefficient (Wildman–Crippen LogP) is 4.22. The molecule has 2 rings (SSSR count). The number of carbonyl (C=O) groups is 1. The van der Waals surface area contributed by atoms with Crippen LogP contribution in [-0.2, 0) is 0 Å². The summed E-state index contributed by atoms with van der Waals surface area (Å²) in [5.41, 5.74) is 0.492. The molecular formula is C13H10ClNO3. The average molecular weight is 264 g/mol. The normalized spacial score (nSPS) is 9.83. The second kappa shape index (κ2) is 5.42. The third-order valence-electron chi connectivity index (χ3n) is 2.15. The Morgan fingerprint density at radius 2 is 1.50 bits per heavy atom. The van der Waals surface area contributed by atoms with E-state index in [4.69, 9.17) is 21.4 Å². The van der Waals surface area contributed by atoms with Crippen LogP contribution in [0.3, 0.4) is 0 Å². The molecule has 0 aliphatic carbocycles. The lowest BCUT2D eigenvalue weighted by atomic mass is 10.3. The lowest BCUT2D eigenvalue weighted by Crippen LogP contribution is -2.06. The number of amides is 1. The molecule has 5 heteroatoms. The summed E-state index contributed by atoms with van der Waals surface area (Å²) in [5, 5.41) is 11.4. The van der Waals surface area contributed by atoms with Gasteiger partial charge in [0, 0.05) is 10.7 Å². The lowest BCUT2D eigenvalue weighted by Gasteiger charge is -2.06. The molecule has 92 valence electrons. The van der Waals surface area contributed by atoms with Gasteiger partial charge in [0.25, 0.3) is 0 Å². The van der Waals surface area contributed by atoms with E-state index in [2.05, 4.69) is 5.32 Å². The molecule has 0 saturated heterocycles. The molecule has 0 spiro atoms. The largest absolute Gasteiger partial charge is 0.465 e. The molecule has 18 heavy (non-hydrogen) atoms. The lowest BCUT2D eigenvalue weighted by molar-refractivity contribution is 0.209.